The summed E-state index contributed by atoms with van der Waals surface area (Å²) in [6.07, 6.45) is 5.74. The Labute approximate surface area is 146 Å². The molecule has 0 saturated heterocycles. The second-order valence-electron chi connectivity index (χ2n) is 7.30. The molecule has 1 saturated carbocycles. The molecule has 3 aliphatic rings. The van der Waals surface area contributed by atoms with Crippen molar-refractivity contribution in [3.8, 4) is 0 Å². The number of para-hydroxylation sites is 2. The third kappa shape index (κ3) is 2.13. The van der Waals surface area contributed by atoms with E-state index in [1.54, 1.807) is 0 Å². The highest BCUT2D eigenvalue weighted by atomic mass is 16.4. The molecule has 1 fully saturated rings. The van der Waals surface area contributed by atoms with Crippen LogP contribution in [-0.4, -0.2) is 34.5 Å². The lowest BCUT2D eigenvalue weighted by Crippen LogP contribution is -2.63. The number of anilines is 1. The summed E-state index contributed by atoms with van der Waals surface area (Å²) < 4.78 is 5.83. The number of hydrogen-bond donors (Lipinski definition) is 2. The minimum Gasteiger partial charge on any atom is -0.423 e. The number of rotatable bonds is 2. The van der Waals surface area contributed by atoms with E-state index in [0.29, 0.717) is 18.2 Å². The molecule has 2 N–H and O–H groups in total. The highest BCUT2D eigenvalue weighted by molar-refractivity contribution is 6.01. The molecule has 1 aliphatic heterocycles. The van der Waals surface area contributed by atoms with Crippen LogP contribution in [-0.2, 0) is 4.79 Å². The van der Waals surface area contributed by atoms with Gasteiger partial charge in [-0.1, -0.05) is 25.0 Å². The molecule has 0 amide bonds. The van der Waals surface area contributed by atoms with Gasteiger partial charge in [0.15, 0.2) is 17.7 Å². The molecule has 2 aromatic rings. The zero-order chi connectivity index (χ0) is 17.0. The quantitative estimate of drug-likeness (QED) is 0.877. The van der Waals surface area contributed by atoms with Crippen molar-refractivity contribution >= 4 is 22.9 Å². The summed E-state index contributed by atoms with van der Waals surface area (Å²) in [5.41, 5.74) is 3.62. The van der Waals surface area contributed by atoms with Crippen LogP contribution in [0.25, 0.3) is 11.1 Å². The number of Topliss-reactive ketones (excluding diaryl/α,β-unsaturated/α-hetero) is 1. The second kappa shape index (κ2) is 5.33. The Morgan fingerprint density at radius 2 is 2.08 bits per heavy atom. The Morgan fingerprint density at radius 1 is 1.28 bits per heavy atom. The van der Waals surface area contributed by atoms with Gasteiger partial charge in [0.2, 0.25) is 0 Å². The highest BCUT2D eigenvalue weighted by Gasteiger charge is 2.52. The lowest BCUT2D eigenvalue weighted by Gasteiger charge is -2.48. The van der Waals surface area contributed by atoms with Gasteiger partial charge < -0.3 is 15.1 Å². The number of allylic oxidation sites excluding steroid dienone is 1. The van der Waals surface area contributed by atoms with E-state index >= 15 is 0 Å². The van der Waals surface area contributed by atoms with E-state index in [2.05, 4.69) is 27.6 Å². The number of aromatic nitrogens is 1. The maximum atomic E-state index is 12.5. The van der Waals surface area contributed by atoms with Crippen LogP contribution in [0.5, 0.6) is 0 Å². The summed E-state index contributed by atoms with van der Waals surface area (Å²) in [4.78, 5) is 19.3. The predicted octanol–water partition coefficient (Wildman–Crippen LogP) is 2.99. The lowest BCUT2D eigenvalue weighted by atomic mass is 9.83. The van der Waals surface area contributed by atoms with Crippen LogP contribution < -0.4 is 10.6 Å². The van der Waals surface area contributed by atoms with Crippen LogP contribution in [0.4, 0.5) is 6.01 Å². The number of nitrogens with zero attached hydrogens (tertiary/aromatic N) is 2. The number of benzene rings is 1. The Balaban J connectivity index is 1.50. The second-order valence-corrected chi connectivity index (χ2v) is 7.30. The van der Waals surface area contributed by atoms with Crippen molar-refractivity contribution in [2.45, 2.75) is 50.4 Å². The number of oxazole rings is 1. The number of ketones is 1. The number of hydrogen-bond acceptors (Lipinski definition) is 6. The van der Waals surface area contributed by atoms with Gasteiger partial charge in [-0.25, -0.2) is 0 Å². The number of fused-ring (bicyclic) bond motifs is 2. The number of likely N-dealkylation sites (N-methyl/N-ethyl adjacent to an activating group) is 1. The fourth-order valence-electron chi connectivity index (χ4n) is 4.77. The van der Waals surface area contributed by atoms with Gasteiger partial charge in [0.05, 0.1) is 5.54 Å². The van der Waals surface area contributed by atoms with Gasteiger partial charge in [0, 0.05) is 17.7 Å². The van der Waals surface area contributed by atoms with Crippen molar-refractivity contribution < 1.29 is 9.21 Å². The first-order chi connectivity index (χ1) is 12.2. The number of carbonyl (C=O) groups excluding carboxylic acids is 1. The summed E-state index contributed by atoms with van der Waals surface area (Å²) >= 11 is 0. The average molecular weight is 338 g/mol. The molecule has 6 heteroatoms. The average Bonchev–Trinajstić information content (AvgIpc) is 3.31. The Morgan fingerprint density at radius 3 is 2.88 bits per heavy atom. The van der Waals surface area contributed by atoms with Crippen LogP contribution in [0.2, 0.25) is 0 Å². The molecular weight excluding hydrogens is 316 g/mol. The molecule has 1 aromatic carbocycles. The first-order valence-corrected chi connectivity index (χ1v) is 9.06. The van der Waals surface area contributed by atoms with Crippen molar-refractivity contribution in [3.05, 3.63) is 35.5 Å². The molecule has 6 nitrogen and oxygen atoms in total. The van der Waals surface area contributed by atoms with E-state index in [1.165, 1.54) is 12.8 Å². The molecule has 130 valence electrons. The topological polar surface area (TPSA) is 70.4 Å². The third-order valence-corrected chi connectivity index (χ3v) is 6.01. The van der Waals surface area contributed by atoms with Gasteiger partial charge in [-0.3, -0.25) is 9.69 Å². The smallest absolute Gasteiger partial charge is 0.298 e. The number of carbonyl (C=O) groups is 1. The molecule has 2 aliphatic carbocycles. The fraction of sp³-hybridized carbons (Fsp3) is 0.474. The molecule has 1 spiro atoms. The van der Waals surface area contributed by atoms with Crippen LogP contribution in [0, 0.1) is 0 Å². The zero-order valence-electron chi connectivity index (χ0n) is 14.3. The van der Waals surface area contributed by atoms with Crippen molar-refractivity contribution in [1.29, 1.82) is 0 Å². The Kier molecular flexibility index (Phi) is 3.19. The minimum absolute atomic E-state index is 0.129. The largest absolute Gasteiger partial charge is 0.423 e. The highest BCUT2D eigenvalue weighted by Crippen LogP contribution is 2.47. The van der Waals surface area contributed by atoms with E-state index in [9.17, 15) is 4.79 Å². The summed E-state index contributed by atoms with van der Waals surface area (Å²) in [6, 6.07) is 8.26. The van der Waals surface area contributed by atoms with Crippen molar-refractivity contribution in [2.24, 2.45) is 0 Å². The van der Waals surface area contributed by atoms with E-state index in [0.717, 1.165) is 41.6 Å². The van der Waals surface area contributed by atoms with Gasteiger partial charge in [-0.2, -0.15) is 4.98 Å². The molecule has 25 heavy (non-hydrogen) atoms. The van der Waals surface area contributed by atoms with E-state index in [4.69, 9.17) is 4.42 Å². The normalized spacial score (nSPS) is 25.6. The molecular formula is C19H22N4O2. The minimum atomic E-state index is -0.141. The van der Waals surface area contributed by atoms with E-state index in [1.807, 2.05) is 24.3 Å². The monoisotopic (exact) mass is 338 g/mol. The molecule has 1 atom stereocenters. The summed E-state index contributed by atoms with van der Waals surface area (Å²) in [6.45, 7) is 0. The molecule has 5 rings (SSSR count). The predicted molar refractivity (Wildman–Crippen MR) is 94.8 cm³/mol. The maximum Gasteiger partial charge on any atom is 0.298 e. The SMILES string of the molecule is CN1C(Nc2nc3ccccc3o2)NC2=C(C(=O)CC2)C12CCCC2. The van der Waals surface area contributed by atoms with Crippen molar-refractivity contribution in [2.75, 3.05) is 12.4 Å². The fourth-order valence-corrected chi connectivity index (χ4v) is 4.77. The van der Waals surface area contributed by atoms with Gasteiger partial charge in [-0.05, 0) is 38.4 Å². The van der Waals surface area contributed by atoms with E-state index < -0.39 is 0 Å². The van der Waals surface area contributed by atoms with Gasteiger partial charge in [0.1, 0.15) is 5.52 Å². The molecule has 2 heterocycles. The number of nitrogens with one attached hydrogen (secondary N) is 2. The zero-order valence-corrected chi connectivity index (χ0v) is 14.3. The van der Waals surface area contributed by atoms with Crippen LogP contribution in [0.1, 0.15) is 38.5 Å². The maximum absolute atomic E-state index is 12.5. The lowest BCUT2D eigenvalue weighted by molar-refractivity contribution is -0.116. The van der Waals surface area contributed by atoms with Crippen LogP contribution in [0.15, 0.2) is 40.0 Å². The summed E-state index contributed by atoms with van der Waals surface area (Å²) in [5.74, 6) is 0.316. The van der Waals surface area contributed by atoms with E-state index in [-0.39, 0.29) is 11.8 Å². The molecule has 0 radical (unpaired) electrons. The van der Waals surface area contributed by atoms with Crippen molar-refractivity contribution in [1.82, 2.24) is 15.2 Å². The molecule has 1 unspecified atom stereocenters. The van der Waals surface area contributed by atoms with Crippen LogP contribution in [0.3, 0.4) is 0 Å². The first kappa shape index (κ1) is 15.0. The Hall–Kier alpha value is -2.34. The van der Waals surface area contributed by atoms with Crippen molar-refractivity contribution in [3.63, 3.8) is 0 Å². The first-order valence-electron chi connectivity index (χ1n) is 9.06. The van der Waals surface area contributed by atoms with Crippen LogP contribution >= 0.6 is 0 Å². The van der Waals surface area contributed by atoms with Gasteiger partial charge >= 0.3 is 0 Å². The summed E-state index contributed by atoms with van der Waals surface area (Å²) in [5, 5.41) is 6.90. The summed E-state index contributed by atoms with van der Waals surface area (Å²) in [7, 11) is 2.09. The van der Waals surface area contributed by atoms with Gasteiger partial charge in [-0.15, -0.1) is 0 Å². The third-order valence-electron chi connectivity index (χ3n) is 6.01. The molecule has 1 aromatic heterocycles. The molecule has 0 bridgehead atoms. The van der Waals surface area contributed by atoms with Gasteiger partial charge in [0.25, 0.3) is 6.01 Å². The Bertz CT molecular complexity index is 845. The standard InChI is InChI=1S/C19H22N4O2/c1-23-17(22-18-21-12-6-2-3-7-15(12)25-18)20-13-8-9-14(24)16(13)19(23)10-4-5-11-19/h2-3,6-7,17,20H,4-5,8-11H2,1H3,(H,21,22).